The summed E-state index contributed by atoms with van der Waals surface area (Å²) in [4.78, 5) is 12.1. The van der Waals surface area contributed by atoms with Crippen molar-refractivity contribution >= 4 is 13.5 Å². The van der Waals surface area contributed by atoms with Gasteiger partial charge in [-0.2, -0.15) is 0 Å². The number of rotatable bonds is 9. The second kappa shape index (κ2) is 9.06. The van der Waals surface area contributed by atoms with E-state index >= 15 is 0 Å². The van der Waals surface area contributed by atoms with Crippen molar-refractivity contribution in [3.05, 3.63) is 35.9 Å². The third-order valence-electron chi connectivity index (χ3n) is 2.96. The van der Waals surface area contributed by atoms with Crippen molar-refractivity contribution < 1.29 is 18.4 Å². The van der Waals surface area contributed by atoms with E-state index in [9.17, 15) is 9.36 Å². The molecule has 7 heteroatoms. The number of benzene rings is 1. The molecule has 0 saturated carbocycles. The molecule has 1 atom stereocenters. The van der Waals surface area contributed by atoms with E-state index in [1.54, 1.807) is 38.1 Å². The van der Waals surface area contributed by atoms with Crippen LogP contribution in [0.1, 0.15) is 38.1 Å². The van der Waals surface area contributed by atoms with Crippen LogP contribution in [0.15, 0.2) is 30.3 Å². The van der Waals surface area contributed by atoms with Crippen LogP contribution in [0.2, 0.25) is 0 Å². The standard InChI is InChI=1S/C15H25N2O4P/c1-5-20-22(19,21-6-2)15(12(3)4)17-16-14(18)13-10-8-7-9-11-13/h7-12,15,17H,5-6H2,1-4H3,(H,16,18). The molecular formula is C15H25N2O4P. The largest absolute Gasteiger partial charge is 0.349 e. The third kappa shape index (κ3) is 5.21. The van der Waals surface area contributed by atoms with Crippen LogP contribution < -0.4 is 10.9 Å². The van der Waals surface area contributed by atoms with Crippen LogP contribution in [-0.4, -0.2) is 24.9 Å². The lowest BCUT2D eigenvalue weighted by Crippen LogP contribution is -2.47. The monoisotopic (exact) mass is 328 g/mol. The van der Waals surface area contributed by atoms with Crippen molar-refractivity contribution in [1.82, 2.24) is 10.9 Å². The Labute approximate surface area is 132 Å². The molecule has 1 unspecified atom stereocenters. The van der Waals surface area contributed by atoms with Crippen molar-refractivity contribution in [2.75, 3.05) is 13.2 Å². The summed E-state index contributed by atoms with van der Waals surface area (Å²) in [5, 5.41) is 0. The predicted octanol–water partition coefficient (Wildman–Crippen LogP) is 3.17. The summed E-state index contributed by atoms with van der Waals surface area (Å²) in [6, 6.07) is 8.79. The van der Waals surface area contributed by atoms with Crippen LogP contribution in [0.3, 0.4) is 0 Å². The lowest BCUT2D eigenvalue weighted by molar-refractivity contribution is 0.0923. The van der Waals surface area contributed by atoms with Crippen LogP contribution >= 0.6 is 7.60 Å². The zero-order chi connectivity index (χ0) is 16.6. The molecule has 22 heavy (non-hydrogen) atoms. The molecule has 2 N–H and O–H groups in total. The maximum atomic E-state index is 12.8. The van der Waals surface area contributed by atoms with Gasteiger partial charge in [-0.05, 0) is 31.9 Å². The van der Waals surface area contributed by atoms with Gasteiger partial charge in [-0.3, -0.25) is 14.8 Å². The van der Waals surface area contributed by atoms with Crippen molar-refractivity contribution in [2.24, 2.45) is 5.92 Å². The minimum absolute atomic E-state index is 0.0555. The van der Waals surface area contributed by atoms with Crippen molar-refractivity contribution in [3.8, 4) is 0 Å². The highest BCUT2D eigenvalue weighted by atomic mass is 31.2. The molecule has 1 amide bonds. The molecule has 0 aromatic heterocycles. The van der Waals surface area contributed by atoms with Crippen LogP contribution in [0, 0.1) is 5.92 Å². The number of amides is 1. The second-order valence-corrected chi connectivity index (χ2v) is 7.18. The maximum absolute atomic E-state index is 12.8. The van der Waals surface area contributed by atoms with Gasteiger partial charge in [-0.1, -0.05) is 32.0 Å². The van der Waals surface area contributed by atoms with E-state index in [1.165, 1.54) is 0 Å². The number of hydrogen-bond acceptors (Lipinski definition) is 5. The highest BCUT2D eigenvalue weighted by Gasteiger charge is 2.38. The van der Waals surface area contributed by atoms with Gasteiger partial charge in [0, 0.05) is 5.56 Å². The molecule has 0 aliphatic carbocycles. The van der Waals surface area contributed by atoms with Gasteiger partial charge in [0.05, 0.1) is 13.2 Å². The number of carbonyl (C=O) groups excluding carboxylic acids is 1. The Kier molecular flexibility index (Phi) is 7.76. The molecule has 1 aromatic carbocycles. The summed E-state index contributed by atoms with van der Waals surface area (Å²) in [6.07, 6.45) is 0. The molecule has 0 saturated heterocycles. The Morgan fingerprint density at radius 1 is 1.14 bits per heavy atom. The molecule has 0 aliphatic heterocycles. The lowest BCUT2D eigenvalue weighted by atomic mass is 10.2. The van der Waals surface area contributed by atoms with E-state index in [4.69, 9.17) is 9.05 Å². The van der Waals surface area contributed by atoms with Gasteiger partial charge in [0.2, 0.25) is 0 Å². The zero-order valence-corrected chi connectivity index (χ0v) is 14.4. The fraction of sp³-hybridized carbons (Fsp3) is 0.533. The zero-order valence-electron chi connectivity index (χ0n) is 13.5. The van der Waals surface area contributed by atoms with Gasteiger partial charge < -0.3 is 9.05 Å². The summed E-state index contributed by atoms with van der Waals surface area (Å²) in [5.41, 5.74) is 5.91. The van der Waals surface area contributed by atoms with Crippen LogP contribution in [0.25, 0.3) is 0 Å². The Morgan fingerprint density at radius 2 is 1.68 bits per heavy atom. The summed E-state index contributed by atoms with van der Waals surface area (Å²) < 4.78 is 23.5. The van der Waals surface area contributed by atoms with E-state index in [0.29, 0.717) is 5.56 Å². The minimum atomic E-state index is -3.36. The molecule has 6 nitrogen and oxygen atoms in total. The highest BCUT2D eigenvalue weighted by molar-refractivity contribution is 7.54. The quantitative estimate of drug-likeness (QED) is 0.538. The molecular weight excluding hydrogens is 303 g/mol. The normalized spacial score (nSPS) is 13.1. The van der Waals surface area contributed by atoms with E-state index in [2.05, 4.69) is 10.9 Å². The minimum Gasteiger partial charge on any atom is -0.308 e. The Balaban J connectivity index is 2.79. The maximum Gasteiger partial charge on any atom is 0.349 e. The predicted molar refractivity (Wildman–Crippen MR) is 86.5 cm³/mol. The van der Waals surface area contributed by atoms with Crippen LogP contribution in [0.5, 0.6) is 0 Å². The SMILES string of the molecule is CCOP(=O)(OCC)C(NNC(=O)c1ccccc1)C(C)C. The van der Waals surface area contributed by atoms with Gasteiger partial charge in [0.1, 0.15) is 5.78 Å². The lowest BCUT2D eigenvalue weighted by Gasteiger charge is -2.29. The number of carbonyl (C=O) groups is 1. The van der Waals surface area contributed by atoms with Crippen LogP contribution in [0.4, 0.5) is 0 Å². The first-order chi connectivity index (χ1) is 10.4. The smallest absolute Gasteiger partial charge is 0.308 e. The van der Waals surface area contributed by atoms with E-state index in [0.717, 1.165) is 0 Å². The summed E-state index contributed by atoms with van der Waals surface area (Å²) in [6.45, 7) is 7.83. The molecule has 0 heterocycles. The molecule has 124 valence electrons. The van der Waals surface area contributed by atoms with Gasteiger partial charge in [-0.15, -0.1) is 0 Å². The Bertz CT molecular complexity index is 498. The van der Waals surface area contributed by atoms with Gasteiger partial charge >= 0.3 is 7.60 Å². The Morgan fingerprint density at radius 3 is 2.14 bits per heavy atom. The number of nitrogens with one attached hydrogen (secondary N) is 2. The van der Waals surface area contributed by atoms with E-state index in [-0.39, 0.29) is 25.0 Å². The van der Waals surface area contributed by atoms with Crippen molar-refractivity contribution in [1.29, 1.82) is 0 Å². The first-order valence-electron chi connectivity index (χ1n) is 7.44. The van der Waals surface area contributed by atoms with E-state index in [1.807, 2.05) is 19.9 Å². The van der Waals surface area contributed by atoms with Crippen molar-refractivity contribution in [3.63, 3.8) is 0 Å². The van der Waals surface area contributed by atoms with Gasteiger partial charge in [0.25, 0.3) is 5.91 Å². The average Bonchev–Trinajstić information content (AvgIpc) is 2.48. The molecule has 0 bridgehead atoms. The molecule has 0 radical (unpaired) electrons. The van der Waals surface area contributed by atoms with Crippen LogP contribution in [-0.2, 0) is 13.6 Å². The number of hydrogen-bond donors (Lipinski definition) is 2. The highest BCUT2D eigenvalue weighted by Crippen LogP contribution is 2.54. The summed E-state index contributed by atoms with van der Waals surface area (Å²) in [7, 11) is -3.36. The summed E-state index contributed by atoms with van der Waals surface area (Å²) in [5.74, 6) is -0.981. The summed E-state index contributed by atoms with van der Waals surface area (Å²) >= 11 is 0. The molecule has 0 aliphatic rings. The molecule has 0 fully saturated rings. The first kappa shape index (κ1) is 18.8. The third-order valence-corrected chi connectivity index (χ3v) is 5.60. The fourth-order valence-corrected chi connectivity index (χ4v) is 4.04. The molecule has 1 aromatic rings. The average molecular weight is 328 g/mol. The van der Waals surface area contributed by atoms with E-state index < -0.39 is 13.4 Å². The first-order valence-corrected chi connectivity index (χ1v) is 9.05. The molecule has 1 rings (SSSR count). The molecule has 0 spiro atoms. The Hall–Kier alpha value is -1.20. The van der Waals surface area contributed by atoms with Gasteiger partial charge in [0.15, 0.2) is 0 Å². The van der Waals surface area contributed by atoms with Gasteiger partial charge in [-0.25, -0.2) is 5.43 Å². The second-order valence-electron chi connectivity index (χ2n) is 5.03. The fourth-order valence-electron chi connectivity index (χ4n) is 1.97. The topological polar surface area (TPSA) is 76.7 Å². The van der Waals surface area contributed by atoms with Crippen molar-refractivity contribution in [2.45, 2.75) is 33.5 Å². The number of hydrazine groups is 1.